The van der Waals surface area contributed by atoms with Crippen molar-refractivity contribution in [3.8, 4) is 5.75 Å². The molecule has 1 unspecified atom stereocenters. The number of benzene rings is 1. The van der Waals surface area contributed by atoms with E-state index in [1.54, 1.807) is 34.4 Å². The molecule has 29 heavy (non-hydrogen) atoms. The number of methoxy groups -OCH3 is 1. The van der Waals surface area contributed by atoms with E-state index in [1.165, 1.54) is 7.11 Å². The molecule has 1 aliphatic heterocycles. The summed E-state index contributed by atoms with van der Waals surface area (Å²) >= 11 is 4.95. The standard InChI is InChI=1S/C21H22BrNO5S/c1-27-18-8-6-14(22)12-15(18)17(24)7-9-21(26)28-13-20(25)23-10-2-4-16(23)19-5-3-11-29-19/h3,5-6,8,11-12,16H,2,4,7,9-10,13H2,1H3. The number of ketones is 1. The SMILES string of the molecule is COc1ccc(Br)cc1C(=O)CCC(=O)OCC(=O)N1CCCC1c1cccs1. The maximum atomic E-state index is 12.5. The van der Waals surface area contributed by atoms with Crippen LogP contribution in [0.5, 0.6) is 5.75 Å². The van der Waals surface area contributed by atoms with E-state index in [1.807, 2.05) is 17.5 Å². The molecule has 0 aliphatic carbocycles. The van der Waals surface area contributed by atoms with Crippen molar-refractivity contribution in [3.63, 3.8) is 0 Å². The minimum Gasteiger partial charge on any atom is -0.496 e. The highest BCUT2D eigenvalue weighted by atomic mass is 79.9. The summed E-state index contributed by atoms with van der Waals surface area (Å²) in [6.45, 7) is 0.370. The maximum absolute atomic E-state index is 12.5. The van der Waals surface area contributed by atoms with Gasteiger partial charge in [0.1, 0.15) is 5.75 Å². The first kappa shape index (κ1) is 21.5. The van der Waals surface area contributed by atoms with Crippen LogP contribution in [-0.4, -0.2) is 42.8 Å². The molecule has 1 atom stereocenters. The number of likely N-dealkylation sites (tertiary alicyclic amines) is 1. The van der Waals surface area contributed by atoms with Crippen molar-refractivity contribution in [3.05, 3.63) is 50.6 Å². The number of hydrogen-bond acceptors (Lipinski definition) is 6. The second kappa shape index (κ2) is 10.0. The number of ether oxygens (including phenoxy) is 2. The summed E-state index contributed by atoms with van der Waals surface area (Å²) < 4.78 is 11.1. The summed E-state index contributed by atoms with van der Waals surface area (Å²) in [4.78, 5) is 39.9. The molecule has 1 aliphatic rings. The number of hydrogen-bond donors (Lipinski definition) is 0. The molecule has 2 heterocycles. The number of carbonyl (C=O) groups is 3. The number of carbonyl (C=O) groups excluding carboxylic acids is 3. The van der Waals surface area contributed by atoms with Crippen molar-refractivity contribution in [2.75, 3.05) is 20.3 Å². The average Bonchev–Trinajstić information content (AvgIpc) is 3.41. The molecule has 0 spiro atoms. The largest absolute Gasteiger partial charge is 0.496 e. The van der Waals surface area contributed by atoms with Gasteiger partial charge in [-0.3, -0.25) is 14.4 Å². The number of esters is 1. The minimum absolute atomic E-state index is 0.0125. The highest BCUT2D eigenvalue weighted by Crippen LogP contribution is 2.34. The lowest BCUT2D eigenvalue weighted by molar-refractivity contribution is -0.152. The van der Waals surface area contributed by atoms with E-state index in [0.717, 1.165) is 22.2 Å². The van der Waals surface area contributed by atoms with Crippen LogP contribution in [0.2, 0.25) is 0 Å². The fourth-order valence-corrected chi connectivity index (χ4v) is 4.62. The highest BCUT2D eigenvalue weighted by molar-refractivity contribution is 9.10. The van der Waals surface area contributed by atoms with E-state index in [2.05, 4.69) is 15.9 Å². The van der Waals surface area contributed by atoms with E-state index in [9.17, 15) is 14.4 Å². The lowest BCUT2D eigenvalue weighted by Crippen LogP contribution is -2.34. The summed E-state index contributed by atoms with van der Waals surface area (Å²) in [5, 5.41) is 1.99. The quantitative estimate of drug-likeness (QED) is 0.414. The molecule has 0 saturated carbocycles. The van der Waals surface area contributed by atoms with Crippen LogP contribution in [0, 0.1) is 0 Å². The Balaban J connectivity index is 1.48. The number of nitrogens with zero attached hydrogens (tertiary/aromatic N) is 1. The van der Waals surface area contributed by atoms with Crippen molar-refractivity contribution in [1.82, 2.24) is 4.90 Å². The lowest BCUT2D eigenvalue weighted by Gasteiger charge is -2.23. The molecule has 6 nitrogen and oxygen atoms in total. The Labute approximate surface area is 181 Å². The van der Waals surface area contributed by atoms with Crippen molar-refractivity contribution in [1.29, 1.82) is 0 Å². The first-order chi connectivity index (χ1) is 14.0. The topological polar surface area (TPSA) is 72.9 Å². The Kier molecular flexibility index (Phi) is 7.44. The van der Waals surface area contributed by atoms with E-state index < -0.39 is 5.97 Å². The lowest BCUT2D eigenvalue weighted by atomic mass is 10.1. The normalized spacial score (nSPS) is 15.9. The zero-order chi connectivity index (χ0) is 20.8. The molecule has 1 fully saturated rings. The first-order valence-electron chi connectivity index (χ1n) is 9.35. The summed E-state index contributed by atoms with van der Waals surface area (Å²) in [5.41, 5.74) is 0.404. The van der Waals surface area contributed by atoms with Gasteiger partial charge < -0.3 is 14.4 Å². The van der Waals surface area contributed by atoms with E-state index in [0.29, 0.717) is 17.9 Å². The molecule has 0 N–H and O–H groups in total. The molecule has 1 aromatic heterocycles. The van der Waals surface area contributed by atoms with Crippen molar-refractivity contribution < 1.29 is 23.9 Å². The first-order valence-corrected chi connectivity index (χ1v) is 11.0. The minimum atomic E-state index is -0.562. The van der Waals surface area contributed by atoms with Crippen LogP contribution in [0.15, 0.2) is 40.2 Å². The van der Waals surface area contributed by atoms with E-state index in [4.69, 9.17) is 9.47 Å². The molecular weight excluding hydrogens is 458 g/mol. The number of halogens is 1. The molecule has 0 radical (unpaired) electrons. The van der Waals surface area contributed by atoms with Crippen molar-refractivity contribution >= 4 is 44.9 Å². The number of Topliss-reactive ketones (excluding diaryl/α,β-unsaturated/α-hetero) is 1. The molecule has 154 valence electrons. The summed E-state index contributed by atoms with van der Waals surface area (Å²) in [5.74, 6) is -0.527. The van der Waals surface area contributed by atoms with Crippen LogP contribution >= 0.6 is 27.3 Å². The number of rotatable bonds is 8. The van der Waals surface area contributed by atoms with Gasteiger partial charge in [-0.25, -0.2) is 0 Å². The third-order valence-electron chi connectivity index (χ3n) is 4.82. The van der Waals surface area contributed by atoms with Gasteiger partial charge >= 0.3 is 5.97 Å². The fourth-order valence-electron chi connectivity index (χ4n) is 3.39. The van der Waals surface area contributed by atoms with Gasteiger partial charge in [0.15, 0.2) is 12.4 Å². The van der Waals surface area contributed by atoms with Crippen LogP contribution in [0.3, 0.4) is 0 Å². The van der Waals surface area contributed by atoms with Crippen LogP contribution in [-0.2, 0) is 14.3 Å². The Hall–Kier alpha value is -2.19. The van der Waals surface area contributed by atoms with Crippen LogP contribution in [0.1, 0.15) is 47.0 Å². The van der Waals surface area contributed by atoms with Gasteiger partial charge in [0.2, 0.25) is 0 Å². The average molecular weight is 480 g/mol. The Morgan fingerprint density at radius 2 is 2.07 bits per heavy atom. The smallest absolute Gasteiger partial charge is 0.306 e. The van der Waals surface area contributed by atoms with Gasteiger partial charge in [0.05, 0.1) is 25.1 Å². The van der Waals surface area contributed by atoms with Gasteiger partial charge in [-0.1, -0.05) is 22.0 Å². The summed E-state index contributed by atoms with van der Waals surface area (Å²) in [6, 6.07) is 9.18. The van der Waals surface area contributed by atoms with Gasteiger partial charge in [-0.15, -0.1) is 11.3 Å². The number of amides is 1. The monoisotopic (exact) mass is 479 g/mol. The Morgan fingerprint density at radius 1 is 1.24 bits per heavy atom. The molecule has 1 amide bonds. The van der Waals surface area contributed by atoms with E-state index >= 15 is 0 Å². The van der Waals surface area contributed by atoms with Crippen molar-refractivity contribution in [2.45, 2.75) is 31.7 Å². The van der Waals surface area contributed by atoms with Gasteiger partial charge in [-0.05, 0) is 42.5 Å². The van der Waals surface area contributed by atoms with Crippen LogP contribution in [0.4, 0.5) is 0 Å². The maximum Gasteiger partial charge on any atom is 0.306 e. The molecule has 3 rings (SSSR count). The van der Waals surface area contributed by atoms with Crippen LogP contribution in [0.25, 0.3) is 0 Å². The highest BCUT2D eigenvalue weighted by Gasteiger charge is 2.31. The van der Waals surface area contributed by atoms with Crippen LogP contribution < -0.4 is 4.74 Å². The van der Waals surface area contributed by atoms with Crippen molar-refractivity contribution in [2.24, 2.45) is 0 Å². The van der Waals surface area contributed by atoms with Gasteiger partial charge in [-0.2, -0.15) is 0 Å². The third-order valence-corrected chi connectivity index (χ3v) is 6.29. The predicted octanol–water partition coefficient (Wildman–Crippen LogP) is 4.39. The number of thiophene rings is 1. The summed E-state index contributed by atoms with van der Waals surface area (Å²) in [6.07, 6.45) is 1.76. The molecule has 1 saturated heterocycles. The third kappa shape index (κ3) is 5.45. The second-order valence-electron chi connectivity index (χ2n) is 6.69. The van der Waals surface area contributed by atoms with Gasteiger partial charge in [0.25, 0.3) is 5.91 Å². The van der Waals surface area contributed by atoms with Gasteiger partial charge in [0, 0.05) is 22.3 Å². The zero-order valence-corrected chi connectivity index (χ0v) is 18.5. The summed E-state index contributed by atoms with van der Waals surface area (Å²) in [7, 11) is 1.49. The zero-order valence-electron chi connectivity index (χ0n) is 16.1. The predicted molar refractivity (Wildman–Crippen MR) is 113 cm³/mol. The molecule has 0 bridgehead atoms. The Bertz CT molecular complexity index is 883. The molecule has 1 aromatic carbocycles. The molecule has 8 heteroatoms. The van der Waals surface area contributed by atoms with E-state index in [-0.39, 0.29) is 37.2 Å². The second-order valence-corrected chi connectivity index (χ2v) is 8.58. The molecular formula is C21H22BrNO5S. The molecule has 2 aromatic rings. The Morgan fingerprint density at radius 3 is 2.79 bits per heavy atom. The fraction of sp³-hybridized carbons (Fsp3) is 0.381.